The van der Waals surface area contributed by atoms with Crippen LogP contribution < -0.4 is 10.9 Å². The van der Waals surface area contributed by atoms with Crippen LogP contribution in [0.5, 0.6) is 0 Å². The molecule has 0 fully saturated rings. The van der Waals surface area contributed by atoms with E-state index >= 15 is 0 Å². The van der Waals surface area contributed by atoms with E-state index in [0.29, 0.717) is 17.1 Å². The molecule has 0 radical (unpaired) electrons. The van der Waals surface area contributed by atoms with Crippen molar-refractivity contribution >= 4 is 23.9 Å². The number of methoxy groups -OCH3 is 1. The first-order valence-corrected chi connectivity index (χ1v) is 7.49. The van der Waals surface area contributed by atoms with Crippen molar-refractivity contribution in [1.29, 1.82) is 0 Å². The third-order valence-electron chi connectivity index (χ3n) is 3.27. The van der Waals surface area contributed by atoms with E-state index in [-0.39, 0.29) is 12.3 Å². The zero-order valence-electron chi connectivity index (χ0n) is 13.9. The topological polar surface area (TPSA) is 97.6 Å². The van der Waals surface area contributed by atoms with Gasteiger partial charge in [-0.25, -0.2) is 4.79 Å². The lowest BCUT2D eigenvalue weighted by atomic mass is 10.1. The molecule has 0 aliphatic rings. The molecule has 1 aromatic carbocycles. The molecule has 1 aromatic heterocycles. The second-order valence-corrected chi connectivity index (χ2v) is 5.14. The predicted octanol–water partition coefficient (Wildman–Crippen LogP) is 1.78. The van der Waals surface area contributed by atoms with E-state index in [0.717, 1.165) is 5.56 Å². The second kappa shape index (κ2) is 8.49. The monoisotopic (exact) mass is 342 g/mol. The van der Waals surface area contributed by atoms with Crippen LogP contribution in [-0.4, -0.2) is 24.9 Å². The molecule has 0 atom stereocenters. The van der Waals surface area contributed by atoms with Crippen LogP contribution in [0.2, 0.25) is 0 Å². The number of ether oxygens (including phenoxy) is 1. The van der Waals surface area contributed by atoms with E-state index in [1.54, 1.807) is 6.92 Å². The molecule has 7 heteroatoms. The number of furan rings is 1. The van der Waals surface area contributed by atoms with Crippen LogP contribution >= 0.6 is 0 Å². The van der Waals surface area contributed by atoms with Gasteiger partial charge in [-0.15, -0.1) is 0 Å². The maximum Gasteiger partial charge on any atom is 0.341 e. The Morgan fingerprint density at radius 2 is 1.88 bits per heavy atom. The fraction of sp³-hybridized carbons (Fsp3) is 0.167. The molecule has 0 spiro atoms. The highest BCUT2D eigenvalue weighted by Gasteiger charge is 2.14. The molecular weight excluding hydrogens is 324 g/mol. The molecule has 1 heterocycles. The highest BCUT2D eigenvalue weighted by molar-refractivity contribution is 5.94. The van der Waals surface area contributed by atoms with Gasteiger partial charge in [0.1, 0.15) is 17.1 Å². The number of rotatable bonds is 5. The number of carbonyl (C=O) groups is 3. The van der Waals surface area contributed by atoms with Crippen LogP contribution in [0.3, 0.4) is 0 Å². The minimum atomic E-state index is -0.532. The first-order chi connectivity index (χ1) is 12.0. The zero-order valence-corrected chi connectivity index (χ0v) is 13.9. The van der Waals surface area contributed by atoms with Gasteiger partial charge in [0.25, 0.3) is 5.91 Å². The van der Waals surface area contributed by atoms with E-state index < -0.39 is 11.9 Å². The summed E-state index contributed by atoms with van der Waals surface area (Å²) in [6.07, 6.45) is 2.73. The molecule has 130 valence electrons. The third kappa shape index (κ3) is 5.35. The Kier molecular flexibility index (Phi) is 6.11. The summed E-state index contributed by atoms with van der Waals surface area (Å²) in [5, 5.41) is 0. The Morgan fingerprint density at radius 1 is 1.16 bits per heavy atom. The molecule has 0 aliphatic carbocycles. The fourth-order valence-electron chi connectivity index (χ4n) is 2.06. The summed E-state index contributed by atoms with van der Waals surface area (Å²) >= 11 is 0. The average molecular weight is 342 g/mol. The molecule has 7 nitrogen and oxygen atoms in total. The zero-order chi connectivity index (χ0) is 18.2. The summed E-state index contributed by atoms with van der Waals surface area (Å²) in [7, 11) is 1.27. The summed E-state index contributed by atoms with van der Waals surface area (Å²) in [6.45, 7) is 1.62. The molecule has 2 amide bonds. The largest absolute Gasteiger partial charge is 0.465 e. The van der Waals surface area contributed by atoms with Crippen LogP contribution in [0.1, 0.15) is 27.4 Å². The lowest BCUT2D eigenvalue weighted by Gasteiger charge is -2.05. The summed E-state index contributed by atoms with van der Waals surface area (Å²) in [4.78, 5) is 34.9. The number of amides is 2. The lowest BCUT2D eigenvalue weighted by Crippen LogP contribution is -2.41. The van der Waals surface area contributed by atoms with Gasteiger partial charge < -0.3 is 9.15 Å². The van der Waals surface area contributed by atoms with Gasteiger partial charge >= 0.3 is 5.97 Å². The first-order valence-electron chi connectivity index (χ1n) is 7.49. The van der Waals surface area contributed by atoms with E-state index in [4.69, 9.17) is 4.42 Å². The van der Waals surface area contributed by atoms with Crippen molar-refractivity contribution in [2.24, 2.45) is 0 Å². The van der Waals surface area contributed by atoms with Crippen molar-refractivity contribution in [2.75, 3.05) is 7.11 Å². The smallest absolute Gasteiger partial charge is 0.341 e. The maximum absolute atomic E-state index is 11.7. The highest BCUT2D eigenvalue weighted by atomic mass is 16.5. The molecule has 0 bridgehead atoms. The van der Waals surface area contributed by atoms with Crippen molar-refractivity contribution in [3.05, 3.63) is 65.1 Å². The molecule has 25 heavy (non-hydrogen) atoms. The lowest BCUT2D eigenvalue weighted by molar-refractivity contribution is -0.126. The number of aryl methyl sites for hydroxylation is 1. The summed E-state index contributed by atoms with van der Waals surface area (Å²) < 4.78 is 9.96. The number of nitrogens with one attached hydrogen (secondary N) is 2. The first kappa shape index (κ1) is 18.0. The molecular formula is C18H18N2O5. The van der Waals surface area contributed by atoms with E-state index in [9.17, 15) is 14.4 Å². The van der Waals surface area contributed by atoms with Crippen molar-refractivity contribution in [3.63, 3.8) is 0 Å². The summed E-state index contributed by atoms with van der Waals surface area (Å²) in [5.41, 5.74) is 5.72. The molecule has 0 unspecified atom stereocenters. The summed E-state index contributed by atoms with van der Waals surface area (Å²) in [5.74, 6) is -0.671. The second-order valence-electron chi connectivity index (χ2n) is 5.14. The third-order valence-corrected chi connectivity index (χ3v) is 3.27. The molecule has 2 N–H and O–H groups in total. The van der Waals surface area contributed by atoms with Crippen molar-refractivity contribution < 1.29 is 23.5 Å². The minimum Gasteiger partial charge on any atom is -0.465 e. The van der Waals surface area contributed by atoms with E-state index in [1.165, 1.54) is 25.3 Å². The normalized spacial score (nSPS) is 10.5. The van der Waals surface area contributed by atoms with Gasteiger partial charge in [0.15, 0.2) is 0 Å². The van der Waals surface area contributed by atoms with Gasteiger partial charge in [-0.05, 0) is 24.6 Å². The van der Waals surface area contributed by atoms with Gasteiger partial charge in [0.05, 0.1) is 13.5 Å². The summed E-state index contributed by atoms with van der Waals surface area (Å²) in [6, 6.07) is 10.6. The van der Waals surface area contributed by atoms with Gasteiger partial charge in [0.2, 0.25) is 5.91 Å². The Morgan fingerprint density at radius 3 is 2.56 bits per heavy atom. The number of esters is 1. The van der Waals surface area contributed by atoms with Crippen LogP contribution in [0.25, 0.3) is 6.08 Å². The maximum atomic E-state index is 11.7. The number of hydrogen-bond acceptors (Lipinski definition) is 5. The Hall–Kier alpha value is -3.35. The molecule has 0 saturated carbocycles. The van der Waals surface area contributed by atoms with Crippen molar-refractivity contribution in [3.8, 4) is 0 Å². The highest BCUT2D eigenvalue weighted by Crippen LogP contribution is 2.16. The number of hydrogen-bond donors (Lipinski definition) is 2. The Labute approximate surface area is 144 Å². The molecule has 0 saturated heterocycles. The molecule has 2 rings (SSSR count). The number of carbonyl (C=O) groups excluding carboxylic acids is 3. The Balaban J connectivity index is 1.84. The Bertz CT molecular complexity index is 793. The van der Waals surface area contributed by atoms with Gasteiger partial charge in [-0.1, -0.05) is 30.3 Å². The van der Waals surface area contributed by atoms with E-state index in [1.807, 2.05) is 30.3 Å². The number of benzene rings is 1. The van der Waals surface area contributed by atoms with Crippen LogP contribution in [0, 0.1) is 6.92 Å². The van der Waals surface area contributed by atoms with Crippen LogP contribution in [0.4, 0.5) is 0 Å². The molecule has 2 aromatic rings. The van der Waals surface area contributed by atoms with Crippen LogP contribution in [0.15, 0.2) is 46.9 Å². The van der Waals surface area contributed by atoms with Crippen molar-refractivity contribution in [1.82, 2.24) is 10.9 Å². The number of hydrazine groups is 1. The predicted molar refractivity (Wildman–Crippen MR) is 90.2 cm³/mol. The standard InChI is InChI=1S/C18H18N2O5/c1-12-15(18(23)24-2)11-14(25-12)8-9-16(21)19-20-17(22)10-13-6-4-3-5-7-13/h3-9,11H,10H2,1-2H3,(H,19,21)(H,20,22)/b9-8+. The van der Waals surface area contributed by atoms with Crippen LogP contribution in [-0.2, 0) is 20.7 Å². The van der Waals surface area contributed by atoms with Crippen molar-refractivity contribution in [2.45, 2.75) is 13.3 Å². The average Bonchev–Trinajstić information content (AvgIpc) is 2.99. The van der Waals surface area contributed by atoms with Gasteiger partial charge in [0, 0.05) is 6.08 Å². The quantitative estimate of drug-likeness (QED) is 0.490. The van der Waals surface area contributed by atoms with Gasteiger partial charge in [-0.3, -0.25) is 20.4 Å². The molecule has 0 aliphatic heterocycles. The van der Waals surface area contributed by atoms with E-state index in [2.05, 4.69) is 15.6 Å². The minimum absolute atomic E-state index is 0.157. The van der Waals surface area contributed by atoms with Gasteiger partial charge in [-0.2, -0.15) is 0 Å². The fourth-order valence-corrected chi connectivity index (χ4v) is 2.06. The SMILES string of the molecule is COC(=O)c1cc(/C=C/C(=O)NNC(=O)Cc2ccccc2)oc1C.